The average Bonchev–Trinajstić information content (AvgIpc) is 2.33. The normalized spacial score (nSPS) is 23.2. The third-order valence-corrected chi connectivity index (χ3v) is 3.90. The number of rotatable bonds is 0. The Morgan fingerprint density at radius 1 is 1.41 bits per heavy atom. The first-order chi connectivity index (χ1) is 8.06. The molecular formula is C13H16N2O2. The SMILES string of the molecule is [C-]#[N+]C1=CC2(CCC1=O)CCN(C(C)=O)CC2. The standard InChI is InChI=1S/C13H16N2O2/c1-10(16)15-7-5-13(6-8-15)4-3-12(17)11(9-13)14-2/h9H,3-8H2,1H3. The van der Waals surface area contributed by atoms with Crippen LogP contribution in [0.1, 0.15) is 32.6 Å². The van der Waals surface area contributed by atoms with Crippen molar-refractivity contribution in [2.75, 3.05) is 13.1 Å². The van der Waals surface area contributed by atoms with E-state index in [0.717, 1.165) is 32.4 Å². The molecule has 17 heavy (non-hydrogen) atoms. The fraction of sp³-hybridized carbons (Fsp3) is 0.615. The molecule has 90 valence electrons. The van der Waals surface area contributed by atoms with E-state index in [9.17, 15) is 9.59 Å². The zero-order chi connectivity index (χ0) is 12.5. The second-order valence-corrected chi connectivity index (χ2v) is 4.93. The van der Waals surface area contributed by atoms with Crippen LogP contribution in [0.5, 0.6) is 0 Å². The third kappa shape index (κ3) is 2.23. The molecule has 0 unspecified atom stereocenters. The molecule has 1 amide bonds. The number of likely N-dealkylation sites (tertiary alicyclic amines) is 1. The van der Waals surface area contributed by atoms with Crippen LogP contribution in [0, 0.1) is 12.0 Å². The van der Waals surface area contributed by atoms with Gasteiger partial charge in [0.25, 0.3) is 0 Å². The summed E-state index contributed by atoms with van der Waals surface area (Å²) in [6.45, 7) is 10.1. The number of carbonyl (C=O) groups is 2. The Bertz CT molecular complexity index is 423. The van der Waals surface area contributed by atoms with Crippen LogP contribution in [-0.4, -0.2) is 29.7 Å². The smallest absolute Gasteiger partial charge is 0.225 e. The molecule has 1 heterocycles. The van der Waals surface area contributed by atoms with Gasteiger partial charge in [0, 0.05) is 26.4 Å². The van der Waals surface area contributed by atoms with Crippen LogP contribution in [0.4, 0.5) is 0 Å². The molecule has 1 spiro atoms. The van der Waals surface area contributed by atoms with E-state index in [-0.39, 0.29) is 17.1 Å². The third-order valence-electron chi connectivity index (χ3n) is 3.90. The van der Waals surface area contributed by atoms with E-state index in [1.54, 1.807) is 6.92 Å². The van der Waals surface area contributed by atoms with E-state index in [4.69, 9.17) is 6.57 Å². The maximum absolute atomic E-state index is 11.5. The van der Waals surface area contributed by atoms with Crippen molar-refractivity contribution in [1.82, 2.24) is 4.90 Å². The van der Waals surface area contributed by atoms with E-state index in [1.165, 1.54) is 0 Å². The number of nitrogens with zero attached hydrogens (tertiary/aromatic N) is 2. The minimum Gasteiger partial charge on any atom is -0.343 e. The van der Waals surface area contributed by atoms with Crippen LogP contribution < -0.4 is 0 Å². The van der Waals surface area contributed by atoms with Crippen LogP contribution in [-0.2, 0) is 9.59 Å². The summed E-state index contributed by atoms with van der Waals surface area (Å²) in [6, 6.07) is 0. The number of Topliss-reactive ketones (excluding diaryl/α,β-unsaturated/α-hetero) is 1. The van der Waals surface area contributed by atoms with Gasteiger partial charge in [-0.2, -0.15) is 0 Å². The Morgan fingerprint density at radius 2 is 2.06 bits per heavy atom. The van der Waals surface area contributed by atoms with Gasteiger partial charge >= 0.3 is 0 Å². The van der Waals surface area contributed by atoms with Gasteiger partial charge in [0.2, 0.25) is 11.6 Å². The Hall–Kier alpha value is -1.63. The summed E-state index contributed by atoms with van der Waals surface area (Å²) in [7, 11) is 0. The van der Waals surface area contributed by atoms with Gasteiger partial charge in [-0.15, -0.1) is 0 Å². The quantitative estimate of drug-likeness (QED) is 0.597. The number of carbonyl (C=O) groups excluding carboxylic acids is 2. The Morgan fingerprint density at radius 3 is 2.59 bits per heavy atom. The summed E-state index contributed by atoms with van der Waals surface area (Å²) >= 11 is 0. The van der Waals surface area contributed by atoms with Gasteiger partial charge in [0.1, 0.15) is 0 Å². The fourth-order valence-corrected chi connectivity index (χ4v) is 2.69. The summed E-state index contributed by atoms with van der Waals surface area (Å²) in [6.07, 6.45) is 4.92. The van der Waals surface area contributed by atoms with Crippen LogP contribution in [0.25, 0.3) is 4.85 Å². The van der Waals surface area contributed by atoms with Crippen LogP contribution in [0.2, 0.25) is 0 Å². The van der Waals surface area contributed by atoms with Crippen LogP contribution in [0.3, 0.4) is 0 Å². The zero-order valence-electron chi connectivity index (χ0n) is 10.0. The Balaban J connectivity index is 2.13. The first-order valence-corrected chi connectivity index (χ1v) is 5.95. The molecule has 0 atom stereocenters. The predicted octanol–water partition coefficient (Wildman–Crippen LogP) is 1.78. The lowest BCUT2D eigenvalue weighted by atomic mass is 9.71. The zero-order valence-corrected chi connectivity index (χ0v) is 10.0. The van der Waals surface area contributed by atoms with E-state index >= 15 is 0 Å². The van der Waals surface area contributed by atoms with E-state index in [0.29, 0.717) is 12.1 Å². The Labute approximate surface area is 101 Å². The number of hydrogen-bond acceptors (Lipinski definition) is 2. The summed E-state index contributed by atoms with van der Waals surface area (Å²) in [4.78, 5) is 27.9. The lowest BCUT2D eigenvalue weighted by Crippen LogP contribution is -2.42. The first kappa shape index (κ1) is 11.8. The molecular weight excluding hydrogens is 216 g/mol. The molecule has 0 saturated carbocycles. The van der Waals surface area contributed by atoms with E-state index < -0.39 is 0 Å². The average molecular weight is 232 g/mol. The molecule has 2 aliphatic rings. The highest BCUT2D eigenvalue weighted by Crippen LogP contribution is 2.41. The number of allylic oxidation sites excluding steroid dienone is 2. The molecule has 0 radical (unpaired) electrons. The summed E-state index contributed by atoms with van der Waals surface area (Å²) in [5.41, 5.74) is 0.284. The monoisotopic (exact) mass is 232 g/mol. The van der Waals surface area contributed by atoms with Gasteiger partial charge in [-0.25, -0.2) is 4.85 Å². The summed E-state index contributed by atoms with van der Waals surface area (Å²) in [5, 5.41) is 0. The van der Waals surface area contributed by atoms with Crippen molar-refractivity contribution in [3.05, 3.63) is 23.2 Å². The van der Waals surface area contributed by atoms with Gasteiger partial charge in [0.05, 0.1) is 6.57 Å². The Kier molecular flexibility index (Phi) is 3.01. The van der Waals surface area contributed by atoms with Crippen molar-refractivity contribution in [1.29, 1.82) is 0 Å². The molecule has 1 aliphatic heterocycles. The van der Waals surface area contributed by atoms with Crippen molar-refractivity contribution in [2.45, 2.75) is 32.6 Å². The van der Waals surface area contributed by atoms with Crippen molar-refractivity contribution >= 4 is 11.7 Å². The van der Waals surface area contributed by atoms with Crippen LogP contribution >= 0.6 is 0 Å². The number of piperidine rings is 1. The maximum atomic E-state index is 11.5. The van der Waals surface area contributed by atoms with Gasteiger partial charge in [0.15, 0.2) is 5.78 Å². The second kappa shape index (κ2) is 4.33. The van der Waals surface area contributed by atoms with Gasteiger partial charge in [-0.1, -0.05) is 6.08 Å². The minimum absolute atomic E-state index is 0.0141. The molecule has 0 N–H and O–H groups in total. The molecule has 1 aliphatic carbocycles. The van der Waals surface area contributed by atoms with E-state index in [2.05, 4.69) is 4.85 Å². The van der Waals surface area contributed by atoms with Crippen LogP contribution in [0.15, 0.2) is 11.8 Å². The number of hydrogen-bond donors (Lipinski definition) is 0. The van der Waals surface area contributed by atoms with Crippen molar-refractivity contribution in [2.24, 2.45) is 5.41 Å². The van der Waals surface area contributed by atoms with Crippen molar-refractivity contribution in [3.8, 4) is 0 Å². The topological polar surface area (TPSA) is 41.7 Å². The molecule has 4 heteroatoms. The molecule has 2 rings (SSSR count). The molecule has 4 nitrogen and oxygen atoms in total. The molecule has 1 fully saturated rings. The summed E-state index contributed by atoms with van der Waals surface area (Å²) in [5.74, 6) is 0.0840. The van der Waals surface area contributed by atoms with Gasteiger partial charge < -0.3 is 9.69 Å². The number of ketones is 1. The highest BCUT2D eigenvalue weighted by molar-refractivity contribution is 5.98. The lowest BCUT2D eigenvalue weighted by molar-refractivity contribution is -0.131. The second-order valence-electron chi connectivity index (χ2n) is 4.93. The predicted molar refractivity (Wildman–Crippen MR) is 62.8 cm³/mol. The highest BCUT2D eigenvalue weighted by atomic mass is 16.2. The largest absolute Gasteiger partial charge is 0.343 e. The molecule has 1 saturated heterocycles. The molecule has 0 aromatic carbocycles. The maximum Gasteiger partial charge on any atom is 0.225 e. The van der Waals surface area contributed by atoms with Gasteiger partial charge in [-0.3, -0.25) is 4.79 Å². The molecule has 0 bridgehead atoms. The van der Waals surface area contributed by atoms with E-state index in [1.807, 2.05) is 11.0 Å². The van der Waals surface area contributed by atoms with Crippen molar-refractivity contribution in [3.63, 3.8) is 0 Å². The summed E-state index contributed by atoms with van der Waals surface area (Å²) < 4.78 is 0. The first-order valence-electron chi connectivity index (χ1n) is 5.95. The lowest BCUT2D eigenvalue weighted by Gasteiger charge is -2.41. The van der Waals surface area contributed by atoms with Crippen molar-refractivity contribution < 1.29 is 9.59 Å². The molecule has 0 aromatic rings. The number of amides is 1. The minimum atomic E-state index is -0.0281. The highest BCUT2D eigenvalue weighted by Gasteiger charge is 2.37. The van der Waals surface area contributed by atoms with Gasteiger partial charge in [-0.05, 0) is 24.7 Å². The fourth-order valence-electron chi connectivity index (χ4n) is 2.69. The molecule has 0 aromatic heterocycles.